The lowest BCUT2D eigenvalue weighted by molar-refractivity contribution is -0.132. The van der Waals surface area contributed by atoms with Crippen LogP contribution < -0.4 is 15.2 Å². The van der Waals surface area contributed by atoms with Crippen LogP contribution in [0.1, 0.15) is 22.8 Å². The highest BCUT2D eigenvalue weighted by atomic mass is 16.6. The van der Waals surface area contributed by atoms with Crippen molar-refractivity contribution in [2.45, 2.75) is 13.5 Å². The predicted octanol–water partition coefficient (Wildman–Crippen LogP) is 2.56. The molecule has 0 aromatic heterocycles. The summed E-state index contributed by atoms with van der Waals surface area (Å²) < 4.78 is 15.4. The Hall–Kier alpha value is -3.02. The number of esters is 2. The van der Waals surface area contributed by atoms with E-state index in [0.717, 1.165) is 5.56 Å². The standard InChI is InChI=1S/C17H17NO5/c1-11(19)23-16-8-13(17(20)21-2)14(18)9-15(16)22-10-12-6-4-3-5-7-12/h3-9H,10,18H2,1-2H3. The van der Waals surface area contributed by atoms with E-state index in [4.69, 9.17) is 15.2 Å². The minimum Gasteiger partial charge on any atom is -0.485 e. The molecule has 0 aliphatic rings. The first-order chi connectivity index (χ1) is 11.0. The molecule has 0 atom stereocenters. The van der Waals surface area contributed by atoms with E-state index in [-0.39, 0.29) is 29.4 Å². The average Bonchev–Trinajstić information content (AvgIpc) is 2.54. The van der Waals surface area contributed by atoms with E-state index in [1.165, 1.54) is 26.2 Å². The molecule has 120 valence electrons. The van der Waals surface area contributed by atoms with E-state index in [1.807, 2.05) is 30.3 Å². The van der Waals surface area contributed by atoms with Crippen LogP contribution in [0.4, 0.5) is 5.69 Å². The molecule has 0 fully saturated rings. The molecule has 0 saturated heterocycles. The molecule has 2 rings (SSSR count). The fourth-order valence-corrected chi connectivity index (χ4v) is 1.95. The zero-order valence-corrected chi connectivity index (χ0v) is 12.9. The van der Waals surface area contributed by atoms with E-state index < -0.39 is 11.9 Å². The molecule has 0 aliphatic carbocycles. The van der Waals surface area contributed by atoms with Crippen LogP contribution in [0.3, 0.4) is 0 Å². The van der Waals surface area contributed by atoms with Gasteiger partial charge in [-0.15, -0.1) is 0 Å². The molecule has 0 radical (unpaired) electrons. The molecule has 0 heterocycles. The zero-order valence-electron chi connectivity index (χ0n) is 12.9. The van der Waals surface area contributed by atoms with Crippen molar-refractivity contribution in [1.82, 2.24) is 0 Å². The second-order valence-electron chi connectivity index (χ2n) is 4.75. The number of ether oxygens (including phenoxy) is 3. The molecule has 2 aromatic rings. The van der Waals surface area contributed by atoms with Crippen LogP contribution in [0.25, 0.3) is 0 Å². The summed E-state index contributed by atoms with van der Waals surface area (Å²) in [7, 11) is 1.24. The summed E-state index contributed by atoms with van der Waals surface area (Å²) in [5, 5.41) is 0. The van der Waals surface area contributed by atoms with Gasteiger partial charge in [-0.2, -0.15) is 0 Å². The summed E-state index contributed by atoms with van der Waals surface area (Å²) in [5.41, 5.74) is 7.07. The molecule has 0 unspecified atom stereocenters. The van der Waals surface area contributed by atoms with Gasteiger partial charge in [-0.1, -0.05) is 30.3 Å². The number of hydrogen-bond donors (Lipinski definition) is 1. The van der Waals surface area contributed by atoms with Crippen LogP contribution in [0.15, 0.2) is 42.5 Å². The molecule has 6 nitrogen and oxygen atoms in total. The highest BCUT2D eigenvalue weighted by Crippen LogP contribution is 2.33. The van der Waals surface area contributed by atoms with Gasteiger partial charge in [0.15, 0.2) is 11.5 Å². The van der Waals surface area contributed by atoms with Crippen molar-refractivity contribution in [3.05, 3.63) is 53.6 Å². The van der Waals surface area contributed by atoms with Crippen molar-refractivity contribution in [3.63, 3.8) is 0 Å². The Balaban J connectivity index is 2.31. The third-order valence-corrected chi connectivity index (χ3v) is 3.01. The molecule has 23 heavy (non-hydrogen) atoms. The topological polar surface area (TPSA) is 87.8 Å². The molecule has 0 saturated carbocycles. The molecule has 0 spiro atoms. The van der Waals surface area contributed by atoms with Gasteiger partial charge in [-0.25, -0.2) is 4.79 Å². The van der Waals surface area contributed by atoms with Crippen molar-refractivity contribution >= 4 is 17.6 Å². The van der Waals surface area contributed by atoms with Gasteiger partial charge in [0.1, 0.15) is 6.61 Å². The van der Waals surface area contributed by atoms with Gasteiger partial charge in [0.05, 0.1) is 18.4 Å². The summed E-state index contributed by atoms with van der Waals surface area (Å²) in [6.07, 6.45) is 0. The monoisotopic (exact) mass is 315 g/mol. The van der Waals surface area contributed by atoms with Crippen LogP contribution in [-0.4, -0.2) is 19.0 Å². The number of carbonyl (C=O) groups excluding carboxylic acids is 2. The van der Waals surface area contributed by atoms with Crippen LogP contribution >= 0.6 is 0 Å². The zero-order chi connectivity index (χ0) is 16.8. The van der Waals surface area contributed by atoms with E-state index >= 15 is 0 Å². The lowest BCUT2D eigenvalue weighted by Gasteiger charge is -2.14. The van der Waals surface area contributed by atoms with Crippen molar-refractivity contribution in [2.24, 2.45) is 0 Å². The summed E-state index contributed by atoms with van der Waals surface area (Å²) in [6.45, 7) is 1.53. The minimum atomic E-state index is -0.620. The Bertz CT molecular complexity index is 712. The van der Waals surface area contributed by atoms with Crippen molar-refractivity contribution in [1.29, 1.82) is 0 Å². The van der Waals surface area contributed by atoms with E-state index in [0.29, 0.717) is 0 Å². The minimum absolute atomic E-state index is 0.107. The van der Waals surface area contributed by atoms with E-state index in [1.54, 1.807) is 0 Å². The second-order valence-corrected chi connectivity index (χ2v) is 4.75. The number of rotatable bonds is 5. The largest absolute Gasteiger partial charge is 0.485 e. The highest BCUT2D eigenvalue weighted by Gasteiger charge is 2.17. The Morgan fingerprint density at radius 2 is 1.78 bits per heavy atom. The summed E-state index contributed by atoms with van der Waals surface area (Å²) in [4.78, 5) is 22.9. The smallest absolute Gasteiger partial charge is 0.340 e. The molecule has 2 N–H and O–H groups in total. The van der Waals surface area contributed by atoms with Crippen molar-refractivity contribution < 1.29 is 23.8 Å². The molecule has 0 bridgehead atoms. The number of methoxy groups -OCH3 is 1. The van der Waals surface area contributed by atoms with Gasteiger partial charge in [-0.05, 0) is 5.56 Å². The molecule has 0 amide bonds. The predicted molar refractivity (Wildman–Crippen MR) is 84.3 cm³/mol. The van der Waals surface area contributed by atoms with Crippen LogP contribution in [-0.2, 0) is 16.1 Å². The maximum Gasteiger partial charge on any atom is 0.340 e. The van der Waals surface area contributed by atoms with Gasteiger partial charge < -0.3 is 19.9 Å². The highest BCUT2D eigenvalue weighted by molar-refractivity contribution is 5.96. The van der Waals surface area contributed by atoms with Crippen molar-refractivity contribution in [2.75, 3.05) is 12.8 Å². The van der Waals surface area contributed by atoms with Gasteiger partial charge in [0, 0.05) is 19.1 Å². The van der Waals surface area contributed by atoms with Gasteiger partial charge in [0.25, 0.3) is 0 Å². The van der Waals surface area contributed by atoms with Crippen LogP contribution in [0.5, 0.6) is 11.5 Å². The normalized spacial score (nSPS) is 10.0. The first-order valence-corrected chi connectivity index (χ1v) is 6.88. The number of nitrogens with two attached hydrogens (primary N) is 1. The van der Waals surface area contributed by atoms with E-state index in [9.17, 15) is 9.59 Å². The summed E-state index contributed by atoms with van der Waals surface area (Å²) in [6, 6.07) is 12.3. The third kappa shape index (κ3) is 4.23. The SMILES string of the molecule is COC(=O)c1cc(OC(C)=O)c(OCc2ccccc2)cc1N. The number of hydrogen-bond acceptors (Lipinski definition) is 6. The first-order valence-electron chi connectivity index (χ1n) is 6.88. The number of benzene rings is 2. The summed E-state index contributed by atoms with van der Waals surface area (Å²) >= 11 is 0. The lowest BCUT2D eigenvalue weighted by atomic mass is 10.1. The van der Waals surface area contributed by atoms with Crippen LogP contribution in [0.2, 0.25) is 0 Å². The Morgan fingerprint density at radius 1 is 1.09 bits per heavy atom. The average molecular weight is 315 g/mol. The Kier molecular flexibility index (Phi) is 5.19. The van der Waals surface area contributed by atoms with Gasteiger partial charge >= 0.3 is 11.9 Å². The quantitative estimate of drug-likeness (QED) is 0.518. The number of carbonyl (C=O) groups is 2. The van der Waals surface area contributed by atoms with Gasteiger partial charge in [-0.3, -0.25) is 4.79 Å². The second kappa shape index (κ2) is 7.31. The van der Waals surface area contributed by atoms with E-state index in [2.05, 4.69) is 4.74 Å². The molecule has 0 aliphatic heterocycles. The molecule has 2 aromatic carbocycles. The maximum atomic E-state index is 11.7. The first kappa shape index (κ1) is 16.4. The number of anilines is 1. The maximum absolute atomic E-state index is 11.7. The number of nitrogen functional groups attached to an aromatic ring is 1. The van der Waals surface area contributed by atoms with Gasteiger partial charge in [0.2, 0.25) is 0 Å². The fourth-order valence-electron chi connectivity index (χ4n) is 1.95. The van der Waals surface area contributed by atoms with Crippen LogP contribution in [0, 0.1) is 0 Å². The lowest BCUT2D eigenvalue weighted by Crippen LogP contribution is -2.10. The third-order valence-electron chi connectivity index (χ3n) is 3.01. The summed E-state index contributed by atoms with van der Waals surface area (Å²) in [5.74, 6) is -0.766. The fraction of sp³-hybridized carbons (Fsp3) is 0.176. The molecular formula is C17H17NO5. The van der Waals surface area contributed by atoms with Crippen molar-refractivity contribution in [3.8, 4) is 11.5 Å². The molecular weight excluding hydrogens is 298 g/mol. The Labute approximate surface area is 133 Å². The molecule has 6 heteroatoms. The Morgan fingerprint density at radius 3 is 2.39 bits per heavy atom.